The van der Waals surface area contributed by atoms with Crippen molar-refractivity contribution in [3.63, 3.8) is 0 Å². The number of rotatable bonds is 2. The van der Waals surface area contributed by atoms with Gasteiger partial charge >= 0.3 is 0 Å². The molecular formula is C12H9ClFN5. The summed E-state index contributed by atoms with van der Waals surface area (Å²) in [5.41, 5.74) is 7.28. The van der Waals surface area contributed by atoms with Crippen LogP contribution >= 0.6 is 11.6 Å². The molecule has 0 saturated carbocycles. The molecule has 0 radical (unpaired) electrons. The highest BCUT2D eigenvalue weighted by atomic mass is 35.5. The molecule has 0 atom stereocenters. The van der Waals surface area contributed by atoms with Crippen LogP contribution in [0.25, 0.3) is 11.2 Å². The van der Waals surface area contributed by atoms with Gasteiger partial charge < -0.3 is 10.3 Å². The number of halogens is 2. The Balaban J connectivity index is 2.04. The van der Waals surface area contributed by atoms with Crippen LogP contribution < -0.4 is 5.73 Å². The summed E-state index contributed by atoms with van der Waals surface area (Å²) in [5, 5.41) is 0.364. The molecule has 7 heteroatoms. The first kappa shape index (κ1) is 11.9. The fourth-order valence-corrected chi connectivity index (χ4v) is 2.01. The molecule has 0 fully saturated rings. The number of benzene rings is 1. The van der Waals surface area contributed by atoms with E-state index in [0.29, 0.717) is 34.1 Å². The summed E-state index contributed by atoms with van der Waals surface area (Å²) in [5.74, 6) is -0.0586. The summed E-state index contributed by atoms with van der Waals surface area (Å²) >= 11 is 5.72. The van der Waals surface area contributed by atoms with Crippen LogP contribution in [0.3, 0.4) is 0 Å². The van der Waals surface area contributed by atoms with E-state index in [-0.39, 0.29) is 5.82 Å². The Morgan fingerprint density at radius 2 is 2.11 bits per heavy atom. The summed E-state index contributed by atoms with van der Waals surface area (Å²) in [6.07, 6.45) is 2.91. The molecule has 3 rings (SSSR count). The maximum absolute atomic E-state index is 13.7. The highest BCUT2D eigenvalue weighted by molar-refractivity contribution is 6.30. The van der Waals surface area contributed by atoms with Crippen molar-refractivity contribution in [2.45, 2.75) is 6.54 Å². The van der Waals surface area contributed by atoms with Gasteiger partial charge in [-0.05, 0) is 12.1 Å². The fourth-order valence-electron chi connectivity index (χ4n) is 1.85. The zero-order valence-electron chi connectivity index (χ0n) is 9.72. The van der Waals surface area contributed by atoms with Gasteiger partial charge in [-0.1, -0.05) is 17.7 Å². The van der Waals surface area contributed by atoms with Gasteiger partial charge in [0.2, 0.25) is 0 Å². The number of aromatic nitrogens is 4. The predicted molar refractivity (Wildman–Crippen MR) is 70.2 cm³/mol. The zero-order valence-corrected chi connectivity index (χ0v) is 10.5. The van der Waals surface area contributed by atoms with Gasteiger partial charge in [0.05, 0.1) is 12.9 Å². The van der Waals surface area contributed by atoms with Crippen molar-refractivity contribution in [3.8, 4) is 0 Å². The van der Waals surface area contributed by atoms with Gasteiger partial charge in [0, 0.05) is 10.6 Å². The van der Waals surface area contributed by atoms with Crippen molar-refractivity contribution < 1.29 is 4.39 Å². The molecule has 0 unspecified atom stereocenters. The minimum Gasteiger partial charge on any atom is -0.382 e. The van der Waals surface area contributed by atoms with Crippen molar-refractivity contribution in [2.75, 3.05) is 5.73 Å². The molecular weight excluding hydrogens is 269 g/mol. The Kier molecular flexibility index (Phi) is 2.79. The number of anilines is 1. The van der Waals surface area contributed by atoms with Crippen LogP contribution in [0.5, 0.6) is 0 Å². The normalized spacial score (nSPS) is 11.1. The lowest BCUT2D eigenvalue weighted by molar-refractivity contribution is 0.601. The van der Waals surface area contributed by atoms with E-state index >= 15 is 0 Å². The summed E-state index contributed by atoms with van der Waals surface area (Å²) in [4.78, 5) is 12.1. The second-order valence-electron chi connectivity index (χ2n) is 4.04. The fraction of sp³-hybridized carbons (Fsp3) is 0.0833. The van der Waals surface area contributed by atoms with E-state index in [1.54, 1.807) is 23.0 Å². The van der Waals surface area contributed by atoms with Crippen molar-refractivity contribution in [1.29, 1.82) is 0 Å². The minimum absolute atomic E-state index is 0.302. The monoisotopic (exact) mass is 277 g/mol. The Hall–Kier alpha value is -2.21. The van der Waals surface area contributed by atoms with E-state index in [4.69, 9.17) is 17.3 Å². The second kappa shape index (κ2) is 4.47. The Morgan fingerprint density at radius 3 is 2.89 bits per heavy atom. The number of nitrogens with two attached hydrogens (primary N) is 1. The van der Waals surface area contributed by atoms with Crippen LogP contribution in [0.4, 0.5) is 10.2 Å². The number of imidazole rings is 1. The molecule has 0 saturated heterocycles. The molecule has 96 valence electrons. The van der Waals surface area contributed by atoms with Crippen molar-refractivity contribution >= 4 is 28.6 Å². The molecule has 0 bridgehead atoms. The van der Waals surface area contributed by atoms with Crippen LogP contribution in [0.2, 0.25) is 5.02 Å². The third kappa shape index (κ3) is 2.10. The van der Waals surface area contributed by atoms with Crippen LogP contribution in [0.1, 0.15) is 5.56 Å². The van der Waals surface area contributed by atoms with Gasteiger partial charge in [-0.2, -0.15) is 0 Å². The van der Waals surface area contributed by atoms with E-state index in [1.165, 1.54) is 12.4 Å². The van der Waals surface area contributed by atoms with Gasteiger partial charge in [-0.25, -0.2) is 19.3 Å². The smallest absolute Gasteiger partial charge is 0.165 e. The topological polar surface area (TPSA) is 69.6 Å². The number of nitrogen functional groups attached to an aromatic ring is 1. The molecule has 0 aliphatic rings. The average Bonchev–Trinajstić information content (AvgIpc) is 2.78. The number of fused-ring (bicyclic) bond motifs is 1. The molecule has 5 nitrogen and oxygen atoms in total. The van der Waals surface area contributed by atoms with Gasteiger partial charge in [-0.15, -0.1) is 0 Å². The van der Waals surface area contributed by atoms with Crippen LogP contribution in [0.15, 0.2) is 30.9 Å². The highest BCUT2D eigenvalue weighted by Crippen LogP contribution is 2.19. The van der Waals surface area contributed by atoms with E-state index in [1.807, 2.05) is 0 Å². The summed E-state index contributed by atoms with van der Waals surface area (Å²) in [7, 11) is 0. The molecule has 3 aromatic rings. The Morgan fingerprint density at radius 1 is 1.26 bits per heavy atom. The van der Waals surface area contributed by atoms with Crippen LogP contribution in [-0.2, 0) is 6.54 Å². The molecule has 2 heterocycles. The van der Waals surface area contributed by atoms with E-state index < -0.39 is 0 Å². The quantitative estimate of drug-likeness (QED) is 0.780. The minimum atomic E-state index is -0.364. The van der Waals surface area contributed by atoms with E-state index in [9.17, 15) is 4.39 Å². The van der Waals surface area contributed by atoms with Gasteiger partial charge in [0.25, 0.3) is 0 Å². The molecule has 0 spiro atoms. The molecule has 19 heavy (non-hydrogen) atoms. The standard InChI is InChI=1S/C12H9ClFN5/c13-8-2-1-7(9(14)3-8)4-19-6-18-10-11(15)16-5-17-12(10)19/h1-3,5-6H,4H2,(H2,15,16,17). The summed E-state index contributed by atoms with van der Waals surface area (Å²) in [6, 6.07) is 4.55. The van der Waals surface area contributed by atoms with Gasteiger partial charge in [-0.3, -0.25) is 0 Å². The number of hydrogen-bond acceptors (Lipinski definition) is 4. The third-order valence-corrected chi connectivity index (χ3v) is 3.02. The molecule has 0 aliphatic heterocycles. The lowest BCUT2D eigenvalue weighted by Crippen LogP contribution is -2.02. The first-order valence-electron chi connectivity index (χ1n) is 5.50. The van der Waals surface area contributed by atoms with Crippen molar-refractivity contribution in [2.24, 2.45) is 0 Å². The summed E-state index contributed by atoms with van der Waals surface area (Å²) < 4.78 is 15.5. The first-order valence-corrected chi connectivity index (χ1v) is 5.88. The van der Waals surface area contributed by atoms with Crippen molar-refractivity contribution in [3.05, 3.63) is 47.3 Å². The van der Waals surface area contributed by atoms with Crippen LogP contribution in [0, 0.1) is 5.82 Å². The van der Waals surface area contributed by atoms with Gasteiger partial charge in [0.1, 0.15) is 17.7 Å². The Bertz CT molecular complexity index is 755. The largest absolute Gasteiger partial charge is 0.382 e. The van der Waals surface area contributed by atoms with Gasteiger partial charge in [0.15, 0.2) is 11.5 Å². The molecule has 0 amide bonds. The lowest BCUT2D eigenvalue weighted by Gasteiger charge is -2.05. The number of hydrogen-bond donors (Lipinski definition) is 1. The predicted octanol–water partition coefficient (Wildman–Crippen LogP) is 2.25. The van der Waals surface area contributed by atoms with Crippen LogP contribution in [-0.4, -0.2) is 19.5 Å². The molecule has 2 N–H and O–H groups in total. The summed E-state index contributed by atoms with van der Waals surface area (Å²) in [6.45, 7) is 0.302. The Labute approximate surface area is 112 Å². The molecule has 1 aromatic carbocycles. The molecule has 0 aliphatic carbocycles. The molecule has 2 aromatic heterocycles. The average molecular weight is 278 g/mol. The number of nitrogens with zero attached hydrogens (tertiary/aromatic N) is 4. The maximum Gasteiger partial charge on any atom is 0.165 e. The van der Waals surface area contributed by atoms with Crippen molar-refractivity contribution in [1.82, 2.24) is 19.5 Å². The van der Waals surface area contributed by atoms with E-state index in [0.717, 1.165) is 0 Å². The van der Waals surface area contributed by atoms with E-state index in [2.05, 4.69) is 15.0 Å². The highest BCUT2D eigenvalue weighted by Gasteiger charge is 2.10. The third-order valence-electron chi connectivity index (χ3n) is 2.79. The first-order chi connectivity index (χ1) is 9.15. The SMILES string of the molecule is Nc1ncnc2c1ncn2Cc1ccc(Cl)cc1F. The zero-order chi connectivity index (χ0) is 13.4. The lowest BCUT2D eigenvalue weighted by atomic mass is 10.2. The second-order valence-corrected chi connectivity index (χ2v) is 4.48. The maximum atomic E-state index is 13.7.